The van der Waals surface area contributed by atoms with Crippen molar-refractivity contribution in [2.75, 3.05) is 25.6 Å². The van der Waals surface area contributed by atoms with E-state index in [-0.39, 0.29) is 18.8 Å². The Hall–Kier alpha value is -1.18. The van der Waals surface area contributed by atoms with E-state index in [4.69, 9.17) is 4.74 Å². The molecular weight excluding hydrogens is 319 g/mol. The Bertz CT molecular complexity index is 431. The van der Waals surface area contributed by atoms with Crippen molar-refractivity contribution in [2.45, 2.75) is 12.5 Å². The van der Waals surface area contributed by atoms with Crippen LogP contribution in [0, 0.1) is 5.82 Å². The Balaban J connectivity index is 2.35. The van der Waals surface area contributed by atoms with E-state index < -0.39 is 18.0 Å². The van der Waals surface area contributed by atoms with Gasteiger partial charge in [0.2, 0.25) is 0 Å². The lowest BCUT2D eigenvalue weighted by Crippen LogP contribution is -2.32. The van der Waals surface area contributed by atoms with Crippen LogP contribution in [-0.4, -0.2) is 37.5 Å². The van der Waals surface area contributed by atoms with E-state index >= 15 is 0 Å². The second-order valence-corrected chi connectivity index (χ2v) is 4.82. The molecule has 1 atom stereocenters. The molecular formula is C12H16BrFN2O3. The molecule has 0 bridgehead atoms. The van der Waals surface area contributed by atoms with Crippen LogP contribution >= 0.6 is 15.9 Å². The Kier molecular flexibility index (Phi) is 6.75. The third-order valence-corrected chi connectivity index (χ3v) is 2.79. The van der Waals surface area contributed by atoms with Crippen LogP contribution < -0.4 is 10.6 Å². The predicted octanol–water partition coefficient (Wildman–Crippen LogP) is 2.11. The number of anilines is 1. The van der Waals surface area contributed by atoms with Crippen LogP contribution in [0.3, 0.4) is 0 Å². The van der Waals surface area contributed by atoms with Crippen LogP contribution in [0.1, 0.15) is 6.42 Å². The number of carbonyl (C=O) groups excluding carboxylic acids is 1. The summed E-state index contributed by atoms with van der Waals surface area (Å²) in [6, 6.07) is 3.82. The fourth-order valence-corrected chi connectivity index (χ4v) is 1.72. The van der Waals surface area contributed by atoms with Gasteiger partial charge in [0.1, 0.15) is 5.82 Å². The van der Waals surface area contributed by atoms with Crippen molar-refractivity contribution in [2.24, 2.45) is 0 Å². The minimum Gasteiger partial charge on any atom is -0.391 e. The first kappa shape index (κ1) is 15.9. The number of aliphatic hydroxyl groups is 1. The number of methoxy groups -OCH3 is 1. The van der Waals surface area contributed by atoms with Crippen molar-refractivity contribution in [3.63, 3.8) is 0 Å². The molecule has 2 amide bonds. The fraction of sp³-hybridized carbons (Fsp3) is 0.417. The molecule has 0 aliphatic rings. The molecule has 1 unspecified atom stereocenters. The average molecular weight is 335 g/mol. The number of urea groups is 1. The van der Waals surface area contributed by atoms with Gasteiger partial charge in [-0.2, -0.15) is 0 Å². The summed E-state index contributed by atoms with van der Waals surface area (Å²) in [5.41, 5.74) is 0.0955. The summed E-state index contributed by atoms with van der Waals surface area (Å²) in [5, 5.41) is 14.3. The summed E-state index contributed by atoms with van der Waals surface area (Å²) >= 11 is 3.13. The number of rotatable bonds is 6. The lowest BCUT2D eigenvalue weighted by atomic mass is 10.2. The molecule has 0 radical (unpaired) electrons. The Morgan fingerprint density at radius 3 is 2.95 bits per heavy atom. The highest BCUT2D eigenvalue weighted by atomic mass is 79.9. The number of ether oxygens (including phenoxy) is 1. The number of aliphatic hydroxyl groups excluding tert-OH is 1. The number of hydrogen-bond donors (Lipinski definition) is 3. The highest BCUT2D eigenvalue weighted by Crippen LogP contribution is 2.19. The van der Waals surface area contributed by atoms with Crippen molar-refractivity contribution in [1.82, 2.24) is 5.32 Å². The van der Waals surface area contributed by atoms with E-state index in [1.165, 1.54) is 19.2 Å². The summed E-state index contributed by atoms with van der Waals surface area (Å²) in [7, 11) is 1.49. The first-order chi connectivity index (χ1) is 9.02. The van der Waals surface area contributed by atoms with Crippen molar-refractivity contribution < 1.29 is 19.0 Å². The zero-order valence-corrected chi connectivity index (χ0v) is 12.0. The highest BCUT2D eigenvalue weighted by molar-refractivity contribution is 9.10. The molecule has 1 rings (SSSR count). The van der Waals surface area contributed by atoms with Gasteiger partial charge in [-0.25, -0.2) is 9.18 Å². The molecule has 0 aliphatic heterocycles. The van der Waals surface area contributed by atoms with Crippen LogP contribution in [0.4, 0.5) is 14.9 Å². The van der Waals surface area contributed by atoms with E-state index in [1.54, 1.807) is 6.07 Å². The van der Waals surface area contributed by atoms with Crippen molar-refractivity contribution in [3.8, 4) is 0 Å². The topological polar surface area (TPSA) is 70.6 Å². The van der Waals surface area contributed by atoms with Crippen LogP contribution in [0.15, 0.2) is 22.7 Å². The quantitative estimate of drug-likeness (QED) is 0.746. The Morgan fingerprint density at radius 2 is 2.32 bits per heavy atom. The van der Waals surface area contributed by atoms with Gasteiger partial charge in [0.15, 0.2) is 0 Å². The SMILES string of the molecule is COCC(O)CCNC(=O)Nc1ccc(Br)cc1F. The Labute approximate surface area is 119 Å². The smallest absolute Gasteiger partial charge is 0.319 e. The maximum Gasteiger partial charge on any atom is 0.319 e. The first-order valence-electron chi connectivity index (χ1n) is 5.70. The minimum atomic E-state index is -0.630. The molecule has 19 heavy (non-hydrogen) atoms. The van der Waals surface area contributed by atoms with Crippen LogP contribution in [0.25, 0.3) is 0 Å². The largest absolute Gasteiger partial charge is 0.391 e. The summed E-state index contributed by atoms with van der Waals surface area (Å²) in [5.74, 6) is -0.524. The molecule has 1 aromatic rings. The number of nitrogens with one attached hydrogen (secondary N) is 2. The molecule has 0 aromatic heterocycles. The second kappa shape index (κ2) is 8.08. The lowest BCUT2D eigenvalue weighted by Gasteiger charge is -2.11. The fourth-order valence-electron chi connectivity index (χ4n) is 1.39. The summed E-state index contributed by atoms with van der Waals surface area (Å²) in [6.45, 7) is 0.485. The molecule has 7 heteroatoms. The summed E-state index contributed by atoms with van der Waals surface area (Å²) in [4.78, 5) is 11.5. The molecule has 0 spiro atoms. The molecule has 0 heterocycles. The Morgan fingerprint density at radius 1 is 1.58 bits per heavy atom. The van der Waals surface area contributed by atoms with Crippen molar-refractivity contribution in [1.29, 1.82) is 0 Å². The van der Waals surface area contributed by atoms with Gasteiger partial charge in [-0.3, -0.25) is 0 Å². The molecule has 0 aliphatic carbocycles. The van der Waals surface area contributed by atoms with E-state index in [0.717, 1.165) is 0 Å². The number of amides is 2. The number of halogens is 2. The maximum absolute atomic E-state index is 13.4. The lowest BCUT2D eigenvalue weighted by molar-refractivity contribution is 0.0599. The molecule has 0 saturated carbocycles. The molecule has 5 nitrogen and oxygen atoms in total. The molecule has 3 N–H and O–H groups in total. The molecule has 0 fully saturated rings. The molecule has 1 aromatic carbocycles. The third kappa shape index (κ3) is 6.00. The van der Waals surface area contributed by atoms with Crippen molar-refractivity contribution >= 4 is 27.6 Å². The average Bonchev–Trinajstić information content (AvgIpc) is 2.33. The molecule has 0 saturated heterocycles. The van der Waals surface area contributed by atoms with Gasteiger partial charge in [0, 0.05) is 18.1 Å². The second-order valence-electron chi connectivity index (χ2n) is 3.90. The minimum absolute atomic E-state index is 0.0955. The van der Waals surface area contributed by atoms with Gasteiger partial charge in [-0.1, -0.05) is 15.9 Å². The van der Waals surface area contributed by atoms with Crippen LogP contribution in [-0.2, 0) is 4.74 Å². The first-order valence-corrected chi connectivity index (χ1v) is 6.49. The zero-order valence-electron chi connectivity index (χ0n) is 10.5. The number of hydrogen-bond acceptors (Lipinski definition) is 3. The van der Waals surface area contributed by atoms with Crippen LogP contribution in [0.5, 0.6) is 0 Å². The van der Waals surface area contributed by atoms with Gasteiger partial charge >= 0.3 is 6.03 Å². The number of benzene rings is 1. The zero-order chi connectivity index (χ0) is 14.3. The van der Waals surface area contributed by atoms with Crippen LogP contribution in [0.2, 0.25) is 0 Å². The summed E-state index contributed by atoms with van der Waals surface area (Å²) < 4.78 is 18.8. The van der Waals surface area contributed by atoms with Gasteiger partial charge in [0.25, 0.3) is 0 Å². The standard InChI is InChI=1S/C12H16BrFN2O3/c1-19-7-9(17)4-5-15-12(18)16-11-3-2-8(13)6-10(11)14/h2-3,6,9,17H,4-5,7H2,1H3,(H2,15,16,18). The van der Waals surface area contributed by atoms with E-state index in [9.17, 15) is 14.3 Å². The highest BCUT2D eigenvalue weighted by Gasteiger charge is 2.08. The predicted molar refractivity (Wildman–Crippen MR) is 73.6 cm³/mol. The van der Waals surface area contributed by atoms with Gasteiger partial charge in [0.05, 0.1) is 18.4 Å². The normalized spacial score (nSPS) is 12.0. The number of carbonyl (C=O) groups is 1. The molecule has 106 valence electrons. The van der Waals surface area contributed by atoms with Gasteiger partial charge < -0.3 is 20.5 Å². The van der Waals surface area contributed by atoms with Crippen molar-refractivity contribution in [3.05, 3.63) is 28.5 Å². The monoisotopic (exact) mass is 334 g/mol. The maximum atomic E-state index is 13.4. The van der Waals surface area contributed by atoms with E-state index in [2.05, 4.69) is 26.6 Å². The van der Waals surface area contributed by atoms with E-state index in [0.29, 0.717) is 10.9 Å². The van der Waals surface area contributed by atoms with Gasteiger partial charge in [-0.05, 0) is 24.6 Å². The van der Waals surface area contributed by atoms with E-state index in [1.807, 2.05) is 0 Å². The van der Waals surface area contributed by atoms with Gasteiger partial charge in [-0.15, -0.1) is 0 Å². The third-order valence-electron chi connectivity index (χ3n) is 2.30. The summed E-state index contributed by atoms with van der Waals surface area (Å²) in [6.07, 6.45) is -0.265.